The highest BCUT2D eigenvalue weighted by Gasteiger charge is 2.12. The summed E-state index contributed by atoms with van der Waals surface area (Å²) in [5, 5.41) is 8.41. The third-order valence-electron chi connectivity index (χ3n) is 2.40. The molecule has 0 atom stereocenters. The summed E-state index contributed by atoms with van der Waals surface area (Å²) in [4.78, 5) is 0. The molecule has 0 spiro atoms. The van der Waals surface area contributed by atoms with Crippen LogP contribution in [0.5, 0.6) is 5.75 Å². The molecule has 0 bridgehead atoms. The standard InChI is InChI=1S/C11H8ClN3O2/c1-16-7-2-5-10-13-14-11(15(10)6-7)8-3-4-9(12)17-8/h2-6H,1H3. The van der Waals surface area contributed by atoms with Gasteiger partial charge in [0.25, 0.3) is 0 Å². The van der Waals surface area contributed by atoms with Gasteiger partial charge >= 0.3 is 0 Å². The van der Waals surface area contributed by atoms with E-state index in [4.69, 9.17) is 20.8 Å². The lowest BCUT2D eigenvalue weighted by Crippen LogP contribution is -1.90. The summed E-state index contributed by atoms with van der Waals surface area (Å²) >= 11 is 5.74. The van der Waals surface area contributed by atoms with Gasteiger partial charge in [-0.25, -0.2) is 0 Å². The first-order chi connectivity index (χ1) is 8.28. The van der Waals surface area contributed by atoms with Crippen LogP contribution in [0.2, 0.25) is 5.22 Å². The Kier molecular flexibility index (Phi) is 2.26. The van der Waals surface area contributed by atoms with Crippen molar-refractivity contribution in [3.8, 4) is 17.3 Å². The maximum atomic E-state index is 5.74. The minimum Gasteiger partial charge on any atom is -0.495 e. The first-order valence-corrected chi connectivity index (χ1v) is 5.30. The maximum Gasteiger partial charge on any atom is 0.204 e. The van der Waals surface area contributed by atoms with Crippen LogP contribution in [0.3, 0.4) is 0 Å². The van der Waals surface area contributed by atoms with Crippen molar-refractivity contribution < 1.29 is 9.15 Å². The first kappa shape index (κ1) is 10.2. The number of halogens is 1. The number of methoxy groups -OCH3 is 1. The quantitative estimate of drug-likeness (QED) is 0.701. The van der Waals surface area contributed by atoms with E-state index in [1.807, 2.05) is 12.1 Å². The number of fused-ring (bicyclic) bond motifs is 1. The Balaban J connectivity index is 2.22. The molecule has 0 saturated carbocycles. The molecule has 0 N–H and O–H groups in total. The second-order valence-electron chi connectivity index (χ2n) is 3.42. The van der Waals surface area contributed by atoms with Gasteiger partial charge in [-0.05, 0) is 35.9 Å². The minimum absolute atomic E-state index is 0.319. The van der Waals surface area contributed by atoms with Gasteiger partial charge in [-0.3, -0.25) is 4.40 Å². The van der Waals surface area contributed by atoms with Crippen molar-refractivity contribution in [2.24, 2.45) is 0 Å². The van der Waals surface area contributed by atoms with Gasteiger partial charge in [0.05, 0.1) is 13.3 Å². The second-order valence-corrected chi connectivity index (χ2v) is 3.80. The molecule has 5 nitrogen and oxygen atoms in total. The molecule has 6 heteroatoms. The van der Waals surface area contributed by atoms with E-state index in [2.05, 4.69) is 10.2 Å². The Bertz CT molecular complexity index is 674. The molecule has 0 aliphatic rings. The van der Waals surface area contributed by atoms with Crippen LogP contribution >= 0.6 is 11.6 Å². The minimum atomic E-state index is 0.319. The summed E-state index contributed by atoms with van der Waals surface area (Å²) in [6.07, 6.45) is 1.79. The summed E-state index contributed by atoms with van der Waals surface area (Å²) in [5.74, 6) is 1.87. The van der Waals surface area contributed by atoms with E-state index in [1.165, 1.54) is 0 Å². The molecule has 0 saturated heterocycles. The Morgan fingerprint density at radius 2 is 2.12 bits per heavy atom. The van der Waals surface area contributed by atoms with Crippen molar-refractivity contribution in [3.63, 3.8) is 0 Å². The zero-order valence-corrected chi connectivity index (χ0v) is 9.68. The van der Waals surface area contributed by atoms with Crippen molar-refractivity contribution >= 4 is 17.2 Å². The smallest absolute Gasteiger partial charge is 0.204 e. The average Bonchev–Trinajstić information content (AvgIpc) is 2.93. The summed E-state index contributed by atoms with van der Waals surface area (Å²) in [6, 6.07) is 7.05. The number of pyridine rings is 1. The lowest BCUT2D eigenvalue weighted by Gasteiger charge is -2.00. The highest BCUT2D eigenvalue weighted by atomic mass is 35.5. The number of hydrogen-bond donors (Lipinski definition) is 0. The van der Waals surface area contributed by atoms with Crippen molar-refractivity contribution in [1.29, 1.82) is 0 Å². The van der Waals surface area contributed by atoms with Crippen LogP contribution in [0.1, 0.15) is 0 Å². The monoisotopic (exact) mass is 249 g/mol. The van der Waals surface area contributed by atoms with Crippen LogP contribution in [0, 0.1) is 0 Å². The van der Waals surface area contributed by atoms with Gasteiger partial charge < -0.3 is 9.15 Å². The Labute approximate surface area is 102 Å². The van der Waals surface area contributed by atoms with E-state index < -0.39 is 0 Å². The molecule has 0 aromatic carbocycles. The predicted molar refractivity (Wildman–Crippen MR) is 62.3 cm³/mol. The molecule has 0 amide bonds. The van der Waals surface area contributed by atoms with E-state index in [9.17, 15) is 0 Å². The summed E-state index contributed by atoms with van der Waals surface area (Å²) < 4.78 is 12.3. The fourth-order valence-electron chi connectivity index (χ4n) is 1.59. The fourth-order valence-corrected chi connectivity index (χ4v) is 1.74. The fraction of sp³-hybridized carbons (Fsp3) is 0.0909. The number of nitrogens with zero attached hydrogens (tertiary/aromatic N) is 3. The maximum absolute atomic E-state index is 5.74. The van der Waals surface area contributed by atoms with Crippen LogP contribution in [-0.4, -0.2) is 21.7 Å². The number of rotatable bonds is 2. The van der Waals surface area contributed by atoms with Gasteiger partial charge in [0.2, 0.25) is 5.82 Å². The largest absolute Gasteiger partial charge is 0.495 e. The SMILES string of the molecule is COc1ccc2nnc(-c3ccc(Cl)o3)n2c1. The van der Waals surface area contributed by atoms with Crippen LogP contribution in [0.15, 0.2) is 34.9 Å². The van der Waals surface area contributed by atoms with Gasteiger partial charge in [-0.1, -0.05) is 0 Å². The van der Waals surface area contributed by atoms with E-state index >= 15 is 0 Å². The molecule has 0 aliphatic heterocycles. The Hall–Kier alpha value is -2.01. The molecule has 0 aliphatic carbocycles. The van der Waals surface area contributed by atoms with E-state index in [-0.39, 0.29) is 0 Å². The van der Waals surface area contributed by atoms with E-state index in [0.29, 0.717) is 22.5 Å². The van der Waals surface area contributed by atoms with Gasteiger partial charge in [-0.15, -0.1) is 10.2 Å². The van der Waals surface area contributed by atoms with Crippen LogP contribution in [0.4, 0.5) is 0 Å². The molecule has 86 valence electrons. The molecule has 3 aromatic rings. The molecule has 3 aromatic heterocycles. The third kappa shape index (κ3) is 1.64. The zero-order valence-electron chi connectivity index (χ0n) is 8.92. The highest BCUT2D eigenvalue weighted by molar-refractivity contribution is 6.28. The normalized spacial score (nSPS) is 10.9. The molecule has 0 unspecified atom stereocenters. The first-order valence-electron chi connectivity index (χ1n) is 4.92. The van der Waals surface area contributed by atoms with Crippen molar-refractivity contribution in [3.05, 3.63) is 35.7 Å². The number of aromatic nitrogens is 3. The number of ether oxygens (including phenoxy) is 1. The molecular weight excluding hydrogens is 242 g/mol. The van der Waals surface area contributed by atoms with Gasteiger partial charge in [0.1, 0.15) is 5.75 Å². The molecule has 3 heterocycles. The van der Waals surface area contributed by atoms with E-state index in [1.54, 1.807) is 29.8 Å². The average molecular weight is 250 g/mol. The predicted octanol–water partition coefficient (Wildman–Crippen LogP) is 2.65. The highest BCUT2D eigenvalue weighted by Crippen LogP contribution is 2.24. The number of furan rings is 1. The Morgan fingerprint density at radius 1 is 1.24 bits per heavy atom. The third-order valence-corrected chi connectivity index (χ3v) is 2.61. The Morgan fingerprint density at radius 3 is 2.82 bits per heavy atom. The lowest BCUT2D eigenvalue weighted by molar-refractivity contribution is 0.412. The van der Waals surface area contributed by atoms with Crippen LogP contribution in [-0.2, 0) is 0 Å². The molecular formula is C11H8ClN3O2. The second kappa shape index (κ2) is 3.78. The van der Waals surface area contributed by atoms with Gasteiger partial charge in [0.15, 0.2) is 16.6 Å². The number of hydrogen-bond acceptors (Lipinski definition) is 4. The van der Waals surface area contributed by atoms with Crippen molar-refractivity contribution in [2.45, 2.75) is 0 Å². The van der Waals surface area contributed by atoms with Gasteiger partial charge in [-0.2, -0.15) is 0 Å². The summed E-state index contributed by atoms with van der Waals surface area (Å²) in [6.45, 7) is 0. The van der Waals surface area contributed by atoms with Crippen molar-refractivity contribution in [1.82, 2.24) is 14.6 Å². The van der Waals surface area contributed by atoms with Crippen LogP contribution in [0.25, 0.3) is 17.2 Å². The van der Waals surface area contributed by atoms with Crippen LogP contribution < -0.4 is 4.74 Å². The van der Waals surface area contributed by atoms with Crippen molar-refractivity contribution in [2.75, 3.05) is 7.11 Å². The molecule has 17 heavy (non-hydrogen) atoms. The summed E-state index contributed by atoms with van der Waals surface area (Å²) in [7, 11) is 1.61. The topological polar surface area (TPSA) is 52.6 Å². The zero-order chi connectivity index (χ0) is 11.8. The molecule has 0 fully saturated rings. The molecule has 3 rings (SSSR count). The summed E-state index contributed by atoms with van der Waals surface area (Å²) in [5.41, 5.74) is 0.716. The van der Waals surface area contributed by atoms with Gasteiger partial charge in [0, 0.05) is 0 Å². The van der Waals surface area contributed by atoms with E-state index in [0.717, 1.165) is 5.75 Å². The molecule has 0 radical (unpaired) electrons. The lowest BCUT2D eigenvalue weighted by atomic mass is 10.4.